The number of carboxylic acid groups (broad SMARTS) is 1. The molecule has 0 fully saturated rings. The van der Waals surface area contributed by atoms with Gasteiger partial charge < -0.3 is 29.5 Å². The van der Waals surface area contributed by atoms with Crippen molar-refractivity contribution in [1.82, 2.24) is 14.8 Å². The molecule has 3 aromatic carbocycles. The Morgan fingerprint density at radius 1 is 1.11 bits per heavy atom. The van der Waals surface area contributed by atoms with Crippen LogP contribution in [0, 0.1) is 0 Å². The van der Waals surface area contributed by atoms with Crippen LogP contribution >= 0.6 is 11.6 Å². The average Bonchev–Trinajstić information content (AvgIpc) is 3.68. The molecule has 0 aliphatic carbocycles. The zero-order valence-corrected chi connectivity index (χ0v) is 24.5. The fraction of sp³-hybridized carbons (Fsp3) is 0.267. The van der Waals surface area contributed by atoms with Gasteiger partial charge in [0.15, 0.2) is 0 Å². The number of hydrogen-bond acceptors (Lipinski definition) is 8. The minimum absolute atomic E-state index is 0.0286. The lowest BCUT2D eigenvalue weighted by Crippen LogP contribution is -2.37. The van der Waals surface area contributed by atoms with E-state index in [1.807, 2.05) is 0 Å². The van der Waals surface area contributed by atoms with Gasteiger partial charge in [-0.15, -0.1) is 13.2 Å². The second-order valence-electron chi connectivity index (χ2n) is 9.94. The van der Waals surface area contributed by atoms with Gasteiger partial charge in [0, 0.05) is 47.4 Å². The minimum atomic E-state index is -4.91. The fourth-order valence-electron chi connectivity index (χ4n) is 4.92. The van der Waals surface area contributed by atoms with Crippen molar-refractivity contribution in [2.24, 2.45) is 0 Å². The number of halogens is 4. The molecule has 1 unspecified atom stereocenters. The van der Waals surface area contributed by atoms with Crippen molar-refractivity contribution in [2.75, 3.05) is 30.5 Å². The van der Waals surface area contributed by atoms with Crippen LogP contribution in [0.5, 0.6) is 17.2 Å². The summed E-state index contributed by atoms with van der Waals surface area (Å²) < 4.78 is 56.0. The third-order valence-corrected chi connectivity index (χ3v) is 7.13. The predicted octanol–water partition coefficient (Wildman–Crippen LogP) is 5.81. The summed E-state index contributed by atoms with van der Waals surface area (Å²) in [6.07, 6.45) is -1.57. The lowest BCUT2D eigenvalue weighted by molar-refractivity contribution is -0.274. The van der Waals surface area contributed by atoms with E-state index in [0.717, 1.165) is 0 Å². The topological polar surface area (TPSA) is 128 Å². The Balaban J connectivity index is 1.55. The Morgan fingerprint density at radius 3 is 2.64 bits per heavy atom. The zero-order chi connectivity index (χ0) is 32.1. The number of fused-ring (bicyclic) bond motifs is 1. The maximum absolute atomic E-state index is 14.4. The van der Waals surface area contributed by atoms with Gasteiger partial charge in [-0.3, -0.25) is 9.59 Å². The van der Waals surface area contributed by atoms with Crippen molar-refractivity contribution in [3.63, 3.8) is 0 Å². The molecule has 11 nitrogen and oxygen atoms in total. The number of hydrogen-bond donors (Lipinski definition) is 2. The number of aromatic nitrogens is 3. The van der Waals surface area contributed by atoms with Gasteiger partial charge in [-0.25, -0.2) is 9.67 Å². The number of carbonyl (C=O) groups is 2. The van der Waals surface area contributed by atoms with Crippen molar-refractivity contribution in [2.45, 2.75) is 31.7 Å². The standard InChI is InChI=1S/C30H27ClF3N5O6/c1-43-23-13-20(12-21(14-23)39-17-35-16-36-39)37-28(24-7-5-19(31)11-26(24)44-10-2-3-27(40)41)29(42)38-9-8-18-4-6-22(15-25(18)38)45-30(32,33)34/h4-7,11-17,28,37H,2-3,8-10H2,1H3,(H,40,41). The van der Waals surface area contributed by atoms with Crippen molar-refractivity contribution < 1.29 is 42.1 Å². The van der Waals surface area contributed by atoms with E-state index in [4.69, 9.17) is 26.2 Å². The van der Waals surface area contributed by atoms with E-state index in [0.29, 0.717) is 39.7 Å². The first-order valence-electron chi connectivity index (χ1n) is 13.7. The Hall–Kier alpha value is -4.98. The molecule has 0 spiro atoms. The molecule has 236 valence electrons. The van der Waals surface area contributed by atoms with Gasteiger partial charge in [-0.2, -0.15) is 5.10 Å². The number of carboxylic acids is 1. The molecule has 1 amide bonds. The number of rotatable bonds is 12. The van der Waals surface area contributed by atoms with Crippen LogP contribution in [0.25, 0.3) is 5.69 Å². The van der Waals surface area contributed by atoms with E-state index < -0.39 is 30.0 Å². The van der Waals surface area contributed by atoms with Crippen molar-refractivity contribution in [3.8, 4) is 22.9 Å². The van der Waals surface area contributed by atoms with E-state index in [1.54, 1.807) is 30.3 Å². The molecule has 0 saturated carbocycles. The Kier molecular flexibility index (Phi) is 9.32. The molecule has 2 N–H and O–H groups in total. The summed E-state index contributed by atoms with van der Waals surface area (Å²) in [4.78, 5) is 30.8. The highest BCUT2D eigenvalue weighted by Gasteiger charge is 2.35. The van der Waals surface area contributed by atoms with Crippen LogP contribution in [-0.4, -0.2) is 58.4 Å². The van der Waals surface area contributed by atoms with Crippen molar-refractivity contribution >= 4 is 34.9 Å². The van der Waals surface area contributed by atoms with Crippen LogP contribution in [0.4, 0.5) is 24.5 Å². The number of ether oxygens (including phenoxy) is 3. The van der Waals surface area contributed by atoms with Crippen LogP contribution in [-0.2, 0) is 16.0 Å². The number of amides is 1. The predicted molar refractivity (Wildman–Crippen MR) is 157 cm³/mol. The normalized spacial score (nSPS) is 13.2. The first kappa shape index (κ1) is 31.4. The van der Waals surface area contributed by atoms with Gasteiger partial charge in [0.05, 0.1) is 25.1 Å². The van der Waals surface area contributed by atoms with Crippen molar-refractivity contribution in [1.29, 1.82) is 0 Å². The maximum atomic E-state index is 14.4. The number of carbonyl (C=O) groups excluding carboxylic acids is 1. The molecule has 5 rings (SSSR count). The second-order valence-corrected chi connectivity index (χ2v) is 10.4. The maximum Gasteiger partial charge on any atom is 0.573 e. The molecule has 0 saturated heterocycles. The molecule has 4 aromatic rings. The smallest absolute Gasteiger partial charge is 0.497 e. The summed E-state index contributed by atoms with van der Waals surface area (Å²) in [5.41, 5.74) is 2.33. The van der Waals surface area contributed by atoms with Crippen LogP contribution < -0.4 is 24.4 Å². The van der Waals surface area contributed by atoms with E-state index in [1.165, 1.54) is 53.6 Å². The summed E-state index contributed by atoms with van der Waals surface area (Å²) in [5, 5.41) is 16.7. The van der Waals surface area contributed by atoms with Gasteiger partial charge in [0.25, 0.3) is 5.91 Å². The minimum Gasteiger partial charge on any atom is -0.497 e. The Bertz CT molecular complexity index is 1690. The van der Waals surface area contributed by atoms with Crippen LogP contribution in [0.15, 0.2) is 67.3 Å². The van der Waals surface area contributed by atoms with Crippen LogP contribution in [0.3, 0.4) is 0 Å². The summed E-state index contributed by atoms with van der Waals surface area (Å²) in [7, 11) is 1.48. The third-order valence-electron chi connectivity index (χ3n) is 6.90. The van der Waals surface area contributed by atoms with Gasteiger partial charge in [-0.1, -0.05) is 23.7 Å². The molecule has 1 aromatic heterocycles. The highest BCUT2D eigenvalue weighted by Crippen LogP contribution is 2.39. The van der Waals surface area contributed by atoms with Gasteiger partial charge in [-0.05, 0) is 42.7 Å². The summed E-state index contributed by atoms with van der Waals surface area (Å²) in [5.74, 6) is -1.27. The van der Waals surface area contributed by atoms with Crippen molar-refractivity contribution in [3.05, 3.63) is 83.4 Å². The first-order valence-corrected chi connectivity index (χ1v) is 14.0. The molecular formula is C30H27ClF3N5O6. The number of benzene rings is 3. The first-order chi connectivity index (χ1) is 21.5. The average molecular weight is 646 g/mol. The fourth-order valence-corrected chi connectivity index (χ4v) is 5.08. The van der Waals surface area contributed by atoms with Gasteiger partial charge >= 0.3 is 12.3 Å². The lowest BCUT2D eigenvalue weighted by Gasteiger charge is -2.28. The monoisotopic (exact) mass is 645 g/mol. The molecular weight excluding hydrogens is 619 g/mol. The number of nitrogens with zero attached hydrogens (tertiary/aromatic N) is 4. The van der Waals surface area contributed by atoms with Gasteiger partial charge in [0.1, 0.15) is 35.9 Å². The molecule has 2 heterocycles. The quantitative estimate of drug-likeness (QED) is 0.183. The number of anilines is 2. The van der Waals surface area contributed by atoms with E-state index in [9.17, 15) is 22.8 Å². The Morgan fingerprint density at radius 2 is 1.93 bits per heavy atom. The molecule has 0 radical (unpaired) electrons. The molecule has 1 aliphatic heterocycles. The summed E-state index contributed by atoms with van der Waals surface area (Å²) in [6, 6.07) is 12.5. The zero-order valence-electron chi connectivity index (χ0n) is 23.8. The highest BCUT2D eigenvalue weighted by atomic mass is 35.5. The molecule has 0 bridgehead atoms. The molecule has 1 atom stereocenters. The van der Waals surface area contributed by atoms with Gasteiger partial charge in [0.2, 0.25) is 0 Å². The van der Waals surface area contributed by atoms with E-state index >= 15 is 0 Å². The SMILES string of the molecule is COc1cc(NC(C(=O)N2CCc3ccc(OC(F)(F)F)cc32)c2ccc(Cl)cc2OCCCC(=O)O)cc(-n2cncn2)c1. The Labute approximate surface area is 260 Å². The highest BCUT2D eigenvalue weighted by molar-refractivity contribution is 6.30. The molecule has 1 aliphatic rings. The number of aliphatic carboxylic acids is 1. The lowest BCUT2D eigenvalue weighted by atomic mass is 10.0. The van der Waals surface area contributed by atoms with Crippen LogP contribution in [0.2, 0.25) is 5.02 Å². The van der Waals surface area contributed by atoms with E-state index in [2.05, 4.69) is 20.1 Å². The molecule has 45 heavy (non-hydrogen) atoms. The number of alkyl halides is 3. The van der Waals surface area contributed by atoms with E-state index in [-0.39, 0.29) is 37.4 Å². The largest absolute Gasteiger partial charge is 0.573 e. The summed E-state index contributed by atoms with van der Waals surface area (Å²) in [6.45, 7) is 0.230. The molecule has 15 heteroatoms. The number of nitrogens with one attached hydrogen (secondary N) is 1. The van der Waals surface area contributed by atoms with Crippen LogP contribution in [0.1, 0.15) is 30.0 Å². The summed E-state index contributed by atoms with van der Waals surface area (Å²) >= 11 is 6.28. The third kappa shape index (κ3) is 7.76. The second kappa shape index (κ2) is 13.3. The number of methoxy groups -OCH3 is 1.